The van der Waals surface area contributed by atoms with Crippen molar-refractivity contribution in [3.8, 4) is 0 Å². The molecule has 0 heterocycles. The summed E-state index contributed by atoms with van der Waals surface area (Å²) < 4.78 is 24.8. The van der Waals surface area contributed by atoms with Crippen molar-refractivity contribution in [1.29, 1.82) is 0 Å². The molecule has 1 aromatic rings. The van der Waals surface area contributed by atoms with Crippen molar-refractivity contribution < 1.29 is 13.2 Å². The van der Waals surface area contributed by atoms with Crippen LogP contribution in [0.4, 0.5) is 5.69 Å². The molecule has 0 saturated heterocycles. The second kappa shape index (κ2) is 5.86. The topological polar surface area (TPSA) is 80.5 Å². The number of carbonyl (C=O) groups excluding carboxylic acids is 1. The van der Waals surface area contributed by atoms with Gasteiger partial charge in [0.1, 0.15) is 0 Å². The minimum absolute atomic E-state index is 0.178. The van der Waals surface area contributed by atoms with Gasteiger partial charge in [0.05, 0.1) is 11.9 Å². The van der Waals surface area contributed by atoms with Crippen LogP contribution in [0.3, 0.4) is 0 Å². The molecule has 0 radical (unpaired) electrons. The molecule has 0 saturated carbocycles. The number of aryl methyl sites for hydroxylation is 1. The summed E-state index contributed by atoms with van der Waals surface area (Å²) in [5.41, 5.74) is 6.64. The number of benzene rings is 1. The van der Waals surface area contributed by atoms with E-state index in [1.54, 1.807) is 18.2 Å². The van der Waals surface area contributed by atoms with Crippen LogP contribution in [0.2, 0.25) is 0 Å². The Kier molecular flexibility index (Phi) is 4.72. The zero-order chi connectivity index (χ0) is 13.8. The van der Waals surface area contributed by atoms with Gasteiger partial charge in [-0.2, -0.15) is 0 Å². The van der Waals surface area contributed by atoms with Gasteiger partial charge >= 0.3 is 0 Å². The Morgan fingerprint density at radius 1 is 1.39 bits per heavy atom. The van der Waals surface area contributed by atoms with Crippen LogP contribution in [0.15, 0.2) is 24.3 Å². The first kappa shape index (κ1) is 14.5. The lowest BCUT2D eigenvalue weighted by atomic mass is 10.2. The summed E-state index contributed by atoms with van der Waals surface area (Å²) >= 11 is 0. The second-order valence-electron chi connectivity index (χ2n) is 4.24. The van der Waals surface area contributed by atoms with Gasteiger partial charge in [0, 0.05) is 13.0 Å². The first-order chi connectivity index (χ1) is 8.30. The van der Waals surface area contributed by atoms with Crippen LogP contribution >= 0.6 is 0 Å². The molecule has 0 aliphatic rings. The third-order valence-corrected chi connectivity index (χ3v) is 3.67. The van der Waals surface area contributed by atoms with Crippen molar-refractivity contribution >= 4 is 21.6 Å². The molecular formula is C12H18N2O3S. The minimum atomic E-state index is -3.35. The fourth-order valence-electron chi connectivity index (χ4n) is 1.67. The molecule has 0 atom stereocenters. The molecule has 5 nitrogen and oxygen atoms in total. The maximum absolute atomic E-state index is 11.7. The number of nitrogens with zero attached hydrogens (tertiary/aromatic N) is 1. The molecule has 2 N–H and O–H groups in total. The van der Waals surface area contributed by atoms with Crippen LogP contribution in [0.5, 0.6) is 0 Å². The van der Waals surface area contributed by atoms with Crippen LogP contribution in [0.25, 0.3) is 0 Å². The highest BCUT2D eigenvalue weighted by atomic mass is 32.2. The lowest BCUT2D eigenvalue weighted by Crippen LogP contribution is -2.31. The molecular weight excluding hydrogens is 252 g/mol. The number of sulfonamides is 1. The molecule has 1 amide bonds. The number of nitrogens with two attached hydrogens (primary N) is 1. The normalized spacial score (nSPS) is 11.2. The van der Waals surface area contributed by atoms with Crippen LogP contribution < -0.4 is 10.0 Å². The fraction of sp³-hybridized carbons (Fsp3) is 0.417. The van der Waals surface area contributed by atoms with Gasteiger partial charge in [-0.05, 0) is 31.0 Å². The molecule has 0 fully saturated rings. The summed E-state index contributed by atoms with van der Waals surface area (Å²) in [5.74, 6) is -0.423. The van der Waals surface area contributed by atoms with Gasteiger partial charge in [-0.15, -0.1) is 0 Å². The maximum Gasteiger partial charge on any atom is 0.232 e. The van der Waals surface area contributed by atoms with E-state index in [1.807, 2.05) is 13.0 Å². The third-order valence-electron chi connectivity index (χ3n) is 2.47. The average Bonchev–Trinajstić information content (AvgIpc) is 2.22. The Labute approximate surface area is 108 Å². The molecule has 0 aliphatic carbocycles. The highest BCUT2D eigenvalue weighted by Crippen LogP contribution is 2.19. The number of primary amides is 1. The summed E-state index contributed by atoms with van der Waals surface area (Å²) in [5, 5.41) is 0. The molecule has 0 aliphatic heterocycles. The SMILES string of the molecule is Cc1cccc(N(CCCC(N)=O)S(C)(=O)=O)c1. The standard InChI is InChI=1S/C12H18N2O3S/c1-10-5-3-6-11(9-10)14(18(2,16)17)8-4-7-12(13)15/h3,5-6,9H,4,7-8H2,1-2H3,(H2,13,15). The van der Waals surface area contributed by atoms with E-state index in [0.29, 0.717) is 12.1 Å². The molecule has 1 aromatic carbocycles. The zero-order valence-electron chi connectivity index (χ0n) is 10.6. The Morgan fingerprint density at radius 3 is 2.56 bits per heavy atom. The predicted molar refractivity (Wildman–Crippen MR) is 71.8 cm³/mol. The molecule has 0 unspecified atom stereocenters. The summed E-state index contributed by atoms with van der Waals surface area (Å²) in [6, 6.07) is 7.23. The molecule has 1 rings (SSSR count). The van der Waals surface area contributed by atoms with E-state index in [4.69, 9.17) is 5.73 Å². The molecule has 0 aromatic heterocycles. The van der Waals surface area contributed by atoms with Crippen LogP contribution in [-0.2, 0) is 14.8 Å². The van der Waals surface area contributed by atoms with Crippen molar-refractivity contribution in [3.05, 3.63) is 29.8 Å². The Hall–Kier alpha value is -1.56. The second-order valence-corrected chi connectivity index (χ2v) is 6.15. The smallest absolute Gasteiger partial charge is 0.232 e. The fourth-order valence-corrected chi connectivity index (χ4v) is 2.62. The van der Waals surface area contributed by atoms with Crippen LogP contribution in [0.1, 0.15) is 18.4 Å². The monoisotopic (exact) mass is 270 g/mol. The molecule has 0 bridgehead atoms. The first-order valence-corrected chi connectivity index (χ1v) is 7.48. The summed E-state index contributed by atoms with van der Waals surface area (Å²) in [4.78, 5) is 10.7. The predicted octanol–water partition coefficient (Wildman–Crippen LogP) is 1.03. The number of anilines is 1. The highest BCUT2D eigenvalue weighted by molar-refractivity contribution is 7.92. The van der Waals surface area contributed by atoms with E-state index in [0.717, 1.165) is 11.8 Å². The van der Waals surface area contributed by atoms with Crippen molar-refractivity contribution in [1.82, 2.24) is 0 Å². The number of amides is 1. The summed E-state index contributed by atoms with van der Waals surface area (Å²) in [6.07, 6.45) is 1.74. The van der Waals surface area contributed by atoms with E-state index >= 15 is 0 Å². The number of carbonyl (C=O) groups is 1. The number of hydrogen-bond donors (Lipinski definition) is 1. The lowest BCUT2D eigenvalue weighted by molar-refractivity contribution is -0.118. The van der Waals surface area contributed by atoms with Gasteiger partial charge in [-0.25, -0.2) is 8.42 Å². The van der Waals surface area contributed by atoms with Crippen LogP contribution in [0, 0.1) is 6.92 Å². The zero-order valence-corrected chi connectivity index (χ0v) is 11.4. The highest BCUT2D eigenvalue weighted by Gasteiger charge is 2.17. The Balaban J connectivity index is 2.89. The Bertz CT molecular complexity index is 526. The van der Waals surface area contributed by atoms with Gasteiger partial charge in [-0.3, -0.25) is 9.10 Å². The van der Waals surface area contributed by atoms with E-state index in [1.165, 1.54) is 4.31 Å². The van der Waals surface area contributed by atoms with Gasteiger partial charge in [-0.1, -0.05) is 12.1 Å². The van der Waals surface area contributed by atoms with E-state index in [2.05, 4.69) is 0 Å². The number of rotatable bonds is 6. The van der Waals surface area contributed by atoms with Crippen molar-refractivity contribution in [2.24, 2.45) is 5.73 Å². The first-order valence-electron chi connectivity index (χ1n) is 5.63. The quantitative estimate of drug-likeness (QED) is 0.838. The van der Waals surface area contributed by atoms with E-state index < -0.39 is 15.9 Å². The van der Waals surface area contributed by atoms with E-state index in [-0.39, 0.29) is 13.0 Å². The molecule has 0 spiro atoms. The van der Waals surface area contributed by atoms with Crippen LogP contribution in [-0.4, -0.2) is 27.1 Å². The van der Waals surface area contributed by atoms with E-state index in [9.17, 15) is 13.2 Å². The summed E-state index contributed by atoms with van der Waals surface area (Å²) in [7, 11) is -3.35. The maximum atomic E-state index is 11.7. The molecule has 6 heteroatoms. The largest absolute Gasteiger partial charge is 0.370 e. The molecule has 100 valence electrons. The molecule has 18 heavy (non-hydrogen) atoms. The summed E-state index contributed by atoms with van der Waals surface area (Å²) in [6.45, 7) is 2.15. The van der Waals surface area contributed by atoms with Gasteiger partial charge in [0.15, 0.2) is 0 Å². The average molecular weight is 270 g/mol. The van der Waals surface area contributed by atoms with Crippen molar-refractivity contribution in [2.75, 3.05) is 17.1 Å². The van der Waals surface area contributed by atoms with Crippen molar-refractivity contribution in [3.63, 3.8) is 0 Å². The van der Waals surface area contributed by atoms with Gasteiger partial charge in [0.2, 0.25) is 15.9 Å². The third kappa shape index (κ3) is 4.37. The lowest BCUT2D eigenvalue weighted by Gasteiger charge is -2.22. The van der Waals surface area contributed by atoms with Gasteiger partial charge in [0.25, 0.3) is 0 Å². The Morgan fingerprint density at radius 2 is 2.06 bits per heavy atom. The van der Waals surface area contributed by atoms with Crippen molar-refractivity contribution in [2.45, 2.75) is 19.8 Å². The van der Waals surface area contributed by atoms with Gasteiger partial charge < -0.3 is 5.73 Å². The number of hydrogen-bond acceptors (Lipinski definition) is 3. The minimum Gasteiger partial charge on any atom is -0.370 e.